The van der Waals surface area contributed by atoms with Crippen molar-refractivity contribution in [3.8, 4) is 0 Å². The molecule has 0 spiro atoms. The van der Waals surface area contributed by atoms with Gasteiger partial charge in [-0.3, -0.25) is 4.90 Å². The minimum absolute atomic E-state index is 0.746. The Morgan fingerprint density at radius 3 is 2.61 bits per heavy atom. The van der Waals surface area contributed by atoms with Gasteiger partial charge in [-0.15, -0.1) is 0 Å². The highest BCUT2D eigenvalue weighted by atomic mass is 32.2. The molecule has 0 radical (unpaired) electrons. The summed E-state index contributed by atoms with van der Waals surface area (Å²) in [5.41, 5.74) is 5.71. The Bertz CT molecular complexity index is 221. The average Bonchev–Trinajstić information content (AvgIpc) is 2.33. The van der Waals surface area contributed by atoms with Crippen LogP contribution in [-0.2, 0) is 0 Å². The second-order valence-electron chi connectivity index (χ2n) is 6.08. The van der Waals surface area contributed by atoms with Crippen molar-refractivity contribution in [2.45, 2.75) is 58.2 Å². The van der Waals surface area contributed by atoms with Gasteiger partial charge in [0.1, 0.15) is 0 Å². The number of hydrogen-bond acceptors (Lipinski definition) is 3. The van der Waals surface area contributed by atoms with Gasteiger partial charge in [0.2, 0.25) is 0 Å². The van der Waals surface area contributed by atoms with E-state index in [9.17, 15) is 0 Å². The molecule has 0 amide bonds. The quantitative estimate of drug-likeness (QED) is 0.771. The standard InChI is InChI=1S/C15H32N2S/c1-12(2)15(7-8-16)6-5-9-17-10-11-18-14(4)13(17)3/h12-15H,5-11,16H2,1-4H3. The lowest BCUT2D eigenvalue weighted by molar-refractivity contribution is 0.199. The molecule has 108 valence electrons. The minimum Gasteiger partial charge on any atom is -0.330 e. The lowest BCUT2D eigenvalue weighted by atomic mass is 9.88. The fourth-order valence-electron chi connectivity index (χ4n) is 2.89. The summed E-state index contributed by atoms with van der Waals surface area (Å²) in [6.07, 6.45) is 3.88. The predicted molar refractivity (Wildman–Crippen MR) is 84.2 cm³/mol. The number of nitrogens with zero attached hydrogens (tertiary/aromatic N) is 1. The van der Waals surface area contributed by atoms with E-state index in [1.807, 2.05) is 0 Å². The Balaban J connectivity index is 2.27. The summed E-state index contributed by atoms with van der Waals surface area (Å²) < 4.78 is 0. The molecule has 1 rings (SSSR count). The summed E-state index contributed by atoms with van der Waals surface area (Å²) in [5, 5.41) is 0.795. The largest absolute Gasteiger partial charge is 0.330 e. The summed E-state index contributed by atoms with van der Waals surface area (Å²) in [5.74, 6) is 2.91. The van der Waals surface area contributed by atoms with Crippen LogP contribution in [0.3, 0.4) is 0 Å². The maximum Gasteiger partial charge on any atom is 0.0184 e. The molecule has 1 fully saturated rings. The van der Waals surface area contributed by atoms with Crippen LogP contribution in [0.4, 0.5) is 0 Å². The summed E-state index contributed by atoms with van der Waals surface area (Å²) in [6.45, 7) is 12.8. The van der Waals surface area contributed by atoms with Crippen LogP contribution < -0.4 is 5.73 Å². The molecule has 0 saturated carbocycles. The number of thioether (sulfide) groups is 1. The predicted octanol–water partition coefficient (Wildman–Crippen LogP) is 3.21. The van der Waals surface area contributed by atoms with Gasteiger partial charge >= 0.3 is 0 Å². The van der Waals surface area contributed by atoms with Crippen molar-refractivity contribution in [1.29, 1.82) is 0 Å². The molecule has 1 aliphatic rings. The molecule has 0 bridgehead atoms. The first kappa shape index (κ1) is 16.3. The van der Waals surface area contributed by atoms with Gasteiger partial charge in [0.25, 0.3) is 0 Å². The molecule has 3 heteroatoms. The SMILES string of the molecule is CC(C)C(CCN)CCCN1CCSC(C)C1C. The molecule has 0 aliphatic carbocycles. The average molecular weight is 273 g/mol. The van der Waals surface area contributed by atoms with Gasteiger partial charge in [-0.25, -0.2) is 0 Å². The van der Waals surface area contributed by atoms with Gasteiger partial charge in [-0.1, -0.05) is 20.8 Å². The summed E-state index contributed by atoms with van der Waals surface area (Å²) in [7, 11) is 0. The monoisotopic (exact) mass is 272 g/mol. The fraction of sp³-hybridized carbons (Fsp3) is 1.00. The molecule has 3 unspecified atom stereocenters. The van der Waals surface area contributed by atoms with E-state index in [0.29, 0.717) is 0 Å². The van der Waals surface area contributed by atoms with Gasteiger partial charge in [0, 0.05) is 23.6 Å². The van der Waals surface area contributed by atoms with E-state index in [2.05, 4.69) is 44.4 Å². The zero-order chi connectivity index (χ0) is 13.5. The molecule has 2 nitrogen and oxygen atoms in total. The molecule has 1 aliphatic heterocycles. The minimum atomic E-state index is 0.746. The fourth-order valence-corrected chi connectivity index (χ4v) is 4.06. The Hall–Kier alpha value is 0.270. The van der Waals surface area contributed by atoms with Crippen molar-refractivity contribution < 1.29 is 0 Å². The molecule has 18 heavy (non-hydrogen) atoms. The van der Waals surface area contributed by atoms with Crippen molar-refractivity contribution in [2.75, 3.05) is 25.4 Å². The highest BCUT2D eigenvalue weighted by Crippen LogP contribution is 2.25. The van der Waals surface area contributed by atoms with Crippen molar-refractivity contribution in [3.05, 3.63) is 0 Å². The van der Waals surface area contributed by atoms with Crippen molar-refractivity contribution in [3.63, 3.8) is 0 Å². The summed E-state index contributed by atoms with van der Waals surface area (Å²) >= 11 is 2.12. The second-order valence-corrected chi connectivity index (χ2v) is 7.56. The van der Waals surface area contributed by atoms with Crippen LogP contribution in [0.2, 0.25) is 0 Å². The van der Waals surface area contributed by atoms with Crippen LogP contribution in [0, 0.1) is 11.8 Å². The van der Waals surface area contributed by atoms with Crippen LogP contribution in [0.5, 0.6) is 0 Å². The van der Waals surface area contributed by atoms with Crippen LogP contribution in [-0.4, -0.2) is 41.6 Å². The Morgan fingerprint density at radius 2 is 2.00 bits per heavy atom. The third-order valence-electron chi connectivity index (χ3n) is 4.52. The van der Waals surface area contributed by atoms with Crippen molar-refractivity contribution in [1.82, 2.24) is 4.90 Å². The van der Waals surface area contributed by atoms with Gasteiger partial charge in [0.05, 0.1) is 0 Å². The molecule has 0 aromatic rings. The smallest absolute Gasteiger partial charge is 0.0184 e. The Morgan fingerprint density at radius 1 is 1.28 bits per heavy atom. The Kier molecular flexibility index (Phi) is 7.66. The highest BCUT2D eigenvalue weighted by molar-refractivity contribution is 8.00. The van der Waals surface area contributed by atoms with Crippen LogP contribution >= 0.6 is 11.8 Å². The van der Waals surface area contributed by atoms with Gasteiger partial charge in [-0.2, -0.15) is 11.8 Å². The summed E-state index contributed by atoms with van der Waals surface area (Å²) in [6, 6.07) is 0.746. The third kappa shape index (κ3) is 5.10. The number of rotatable bonds is 7. The van der Waals surface area contributed by atoms with E-state index in [0.717, 1.165) is 29.7 Å². The van der Waals surface area contributed by atoms with Crippen LogP contribution in [0.1, 0.15) is 47.0 Å². The molecule has 3 atom stereocenters. The van der Waals surface area contributed by atoms with Gasteiger partial charge < -0.3 is 5.73 Å². The first-order chi connectivity index (χ1) is 8.56. The molecular formula is C15H32N2S. The van der Waals surface area contributed by atoms with Crippen LogP contribution in [0.25, 0.3) is 0 Å². The third-order valence-corrected chi connectivity index (χ3v) is 5.85. The molecule has 0 aromatic carbocycles. The number of hydrogen-bond donors (Lipinski definition) is 1. The first-order valence-electron chi connectivity index (χ1n) is 7.62. The van der Waals surface area contributed by atoms with Gasteiger partial charge in [0.15, 0.2) is 0 Å². The van der Waals surface area contributed by atoms with E-state index in [4.69, 9.17) is 5.73 Å². The van der Waals surface area contributed by atoms with E-state index in [-0.39, 0.29) is 0 Å². The van der Waals surface area contributed by atoms with E-state index in [1.165, 1.54) is 38.1 Å². The molecule has 1 saturated heterocycles. The van der Waals surface area contributed by atoms with Crippen molar-refractivity contribution in [2.24, 2.45) is 17.6 Å². The normalized spacial score (nSPS) is 27.7. The Labute approximate surface area is 118 Å². The molecule has 1 heterocycles. The first-order valence-corrected chi connectivity index (χ1v) is 8.66. The van der Waals surface area contributed by atoms with Crippen molar-refractivity contribution >= 4 is 11.8 Å². The maximum absolute atomic E-state index is 5.71. The summed E-state index contributed by atoms with van der Waals surface area (Å²) in [4.78, 5) is 2.68. The zero-order valence-electron chi connectivity index (χ0n) is 12.7. The second kappa shape index (κ2) is 8.44. The van der Waals surface area contributed by atoms with Crippen LogP contribution in [0.15, 0.2) is 0 Å². The topological polar surface area (TPSA) is 29.3 Å². The number of nitrogens with two attached hydrogens (primary N) is 1. The van der Waals surface area contributed by atoms with E-state index >= 15 is 0 Å². The molecule has 0 aromatic heterocycles. The maximum atomic E-state index is 5.71. The van der Waals surface area contributed by atoms with Gasteiger partial charge in [-0.05, 0) is 51.1 Å². The molecule has 2 N–H and O–H groups in total. The highest BCUT2D eigenvalue weighted by Gasteiger charge is 2.24. The zero-order valence-corrected chi connectivity index (χ0v) is 13.5. The lowest BCUT2D eigenvalue weighted by Gasteiger charge is -2.37. The van der Waals surface area contributed by atoms with E-state index < -0.39 is 0 Å². The van der Waals surface area contributed by atoms with E-state index in [1.54, 1.807) is 0 Å². The molecular weight excluding hydrogens is 240 g/mol. The lowest BCUT2D eigenvalue weighted by Crippen LogP contribution is -2.45.